The summed E-state index contributed by atoms with van der Waals surface area (Å²) < 4.78 is 0. The van der Waals surface area contributed by atoms with Crippen LogP contribution in [0.1, 0.15) is 25.3 Å². The number of fused-ring (bicyclic) bond motifs is 1. The lowest BCUT2D eigenvalue weighted by atomic mass is 10.1. The minimum atomic E-state index is 0.426. The van der Waals surface area contributed by atoms with Crippen molar-refractivity contribution >= 4 is 0 Å². The van der Waals surface area contributed by atoms with Gasteiger partial charge in [-0.05, 0) is 36.1 Å². The maximum atomic E-state index is 8.78. The number of phenols is 1. The number of unbranched alkanes of at least 4 members (excludes halogenated alkanes) is 1. The van der Waals surface area contributed by atoms with E-state index in [1.54, 1.807) is 6.07 Å². The molecule has 0 unspecified atom stereocenters. The summed E-state index contributed by atoms with van der Waals surface area (Å²) in [6.45, 7) is 2.23. The summed E-state index contributed by atoms with van der Waals surface area (Å²) in [6.07, 6.45) is 3.83. The SMILES string of the molecule is CCCCc1ccccc1.Oc1ccc2cc1-2. The Labute approximate surface area is 103 Å². The minimum Gasteiger partial charge on any atom is -0.507 e. The first-order chi connectivity index (χ1) is 8.31. The lowest BCUT2D eigenvalue weighted by Crippen LogP contribution is -1.81. The first-order valence-corrected chi connectivity index (χ1v) is 6.18. The van der Waals surface area contributed by atoms with Crippen LogP contribution in [0.4, 0.5) is 0 Å². The van der Waals surface area contributed by atoms with Crippen molar-refractivity contribution in [2.24, 2.45) is 0 Å². The van der Waals surface area contributed by atoms with Crippen LogP contribution in [-0.2, 0) is 6.42 Å². The maximum Gasteiger partial charge on any atom is 0.123 e. The monoisotopic (exact) mass is 226 g/mol. The van der Waals surface area contributed by atoms with Gasteiger partial charge in [0.05, 0.1) is 0 Å². The Kier molecular flexibility index (Phi) is 3.81. The first-order valence-electron chi connectivity index (χ1n) is 6.18. The Bertz CT molecular complexity index is 474. The lowest BCUT2D eigenvalue weighted by Gasteiger charge is -1.96. The number of phenolic OH excluding ortho intramolecular Hbond substituents is 1. The molecule has 17 heavy (non-hydrogen) atoms. The summed E-state index contributed by atoms with van der Waals surface area (Å²) in [5.41, 5.74) is 3.68. The van der Waals surface area contributed by atoms with E-state index in [-0.39, 0.29) is 0 Å². The van der Waals surface area contributed by atoms with Gasteiger partial charge in [-0.15, -0.1) is 0 Å². The Balaban J connectivity index is 0.000000134. The van der Waals surface area contributed by atoms with E-state index in [9.17, 15) is 0 Å². The average molecular weight is 226 g/mol. The highest BCUT2D eigenvalue weighted by Crippen LogP contribution is 2.42. The smallest absolute Gasteiger partial charge is 0.123 e. The molecule has 1 aromatic carbocycles. The van der Waals surface area contributed by atoms with E-state index in [0.29, 0.717) is 5.75 Å². The van der Waals surface area contributed by atoms with E-state index >= 15 is 0 Å². The molecule has 2 aliphatic rings. The zero-order valence-corrected chi connectivity index (χ0v) is 10.2. The summed E-state index contributed by atoms with van der Waals surface area (Å²) >= 11 is 0. The summed E-state index contributed by atoms with van der Waals surface area (Å²) in [6, 6.07) is 16.2. The van der Waals surface area contributed by atoms with Gasteiger partial charge in [0.2, 0.25) is 0 Å². The second kappa shape index (κ2) is 5.53. The van der Waals surface area contributed by atoms with Crippen LogP contribution >= 0.6 is 0 Å². The molecule has 88 valence electrons. The van der Waals surface area contributed by atoms with Gasteiger partial charge in [0.1, 0.15) is 5.75 Å². The number of hydrogen-bond acceptors (Lipinski definition) is 1. The predicted molar refractivity (Wildman–Crippen MR) is 72.2 cm³/mol. The molecule has 0 saturated heterocycles. The Morgan fingerprint density at radius 2 is 1.76 bits per heavy atom. The van der Waals surface area contributed by atoms with Gasteiger partial charge in [-0.2, -0.15) is 0 Å². The van der Waals surface area contributed by atoms with Gasteiger partial charge in [0.15, 0.2) is 0 Å². The third-order valence-electron chi connectivity index (χ3n) is 2.89. The zero-order valence-electron chi connectivity index (χ0n) is 10.2. The minimum absolute atomic E-state index is 0.426. The van der Waals surface area contributed by atoms with Crippen LogP contribution in [0.2, 0.25) is 0 Å². The molecule has 3 rings (SSSR count). The van der Waals surface area contributed by atoms with Crippen molar-refractivity contribution in [1.82, 2.24) is 0 Å². The average Bonchev–Trinajstić information content (AvgIpc) is 3.08. The zero-order chi connectivity index (χ0) is 12.1. The molecular formula is C16H18O. The van der Waals surface area contributed by atoms with Gasteiger partial charge >= 0.3 is 0 Å². The normalized spacial score (nSPS) is 10.4. The topological polar surface area (TPSA) is 20.2 Å². The molecule has 0 atom stereocenters. The van der Waals surface area contributed by atoms with Crippen molar-refractivity contribution in [3.63, 3.8) is 0 Å². The second-order valence-corrected chi connectivity index (χ2v) is 4.32. The van der Waals surface area contributed by atoms with Gasteiger partial charge in [-0.25, -0.2) is 0 Å². The van der Waals surface area contributed by atoms with E-state index in [4.69, 9.17) is 5.11 Å². The fourth-order valence-corrected chi connectivity index (χ4v) is 1.76. The second-order valence-electron chi connectivity index (χ2n) is 4.32. The maximum absolute atomic E-state index is 8.78. The first kappa shape index (κ1) is 11.7. The largest absolute Gasteiger partial charge is 0.507 e. The van der Waals surface area contributed by atoms with Crippen molar-refractivity contribution in [3.05, 3.63) is 54.1 Å². The van der Waals surface area contributed by atoms with Crippen LogP contribution in [-0.4, -0.2) is 5.11 Å². The molecule has 1 nitrogen and oxygen atoms in total. The lowest BCUT2D eigenvalue weighted by molar-refractivity contribution is 0.480. The molecule has 0 aliphatic heterocycles. The van der Waals surface area contributed by atoms with E-state index < -0.39 is 0 Å². The number of aryl methyl sites for hydroxylation is 1. The fraction of sp³-hybridized carbons (Fsp3) is 0.250. The molecule has 1 aromatic rings. The molecule has 0 fully saturated rings. The van der Waals surface area contributed by atoms with Gasteiger partial charge in [0, 0.05) is 5.56 Å². The van der Waals surface area contributed by atoms with Gasteiger partial charge in [0.25, 0.3) is 0 Å². The van der Waals surface area contributed by atoms with Crippen LogP contribution in [0, 0.1) is 0 Å². The molecule has 0 radical (unpaired) electrons. The summed E-state index contributed by atoms with van der Waals surface area (Å²) in [7, 11) is 0. The van der Waals surface area contributed by atoms with Crippen molar-refractivity contribution in [2.45, 2.75) is 26.2 Å². The summed E-state index contributed by atoms with van der Waals surface area (Å²) in [4.78, 5) is 0. The highest BCUT2D eigenvalue weighted by molar-refractivity contribution is 5.86. The summed E-state index contributed by atoms with van der Waals surface area (Å²) in [5, 5.41) is 8.78. The fourth-order valence-electron chi connectivity index (χ4n) is 1.76. The summed E-state index contributed by atoms with van der Waals surface area (Å²) in [5.74, 6) is 0.426. The van der Waals surface area contributed by atoms with Crippen LogP contribution in [0.3, 0.4) is 0 Å². The van der Waals surface area contributed by atoms with Crippen molar-refractivity contribution in [2.75, 3.05) is 0 Å². The van der Waals surface area contributed by atoms with Crippen LogP contribution < -0.4 is 0 Å². The molecule has 0 spiro atoms. The molecule has 1 heteroatoms. The molecule has 0 aromatic heterocycles. The Morgan fingerprint density at radius 1 is 1.00 bits per heavy atom. The molecule has 0 saturated carbocycles. The molecule has 0 bridgehead atoms. The number of benzene rings is 2. The van der Waals surface area contributed by atoms with E-state index in [2.05, 4.69) is 37.3 Å². The van der Waals surface area contributed by atoms with Crippen molar-refractivity contribution in [1.29, 1.82) is 0 Å². The van der Waals surface area contributed by atoms with E-state index in [1.807, 2.05) is 12.1 Å². The standard InChI is InChI=1S/C10H14.C6H4O/c1-2-3-7-10-8-5-4-6-9-10;7-6-2-1-4-3-5(4)6/h4-6,8-9H,2-3,7H2,1H3;1-3,7H. The molecule has 0 amide bonds. The van der Waals surface area contributed by atoms with Crippen LogP contribution in [0.25, 0.3) is 11.1 Å². The predicted octanol–water partition coefficient (Wildman–Crippen LogP) is 4.40. The Morgan fingerprint density at radius 3 is 2.18 bits per heavy atom. The third-order valence-corrected chi connectivity index (χ3v) is 2.89. The molecule has 1 N–H and O–H groups in total. The number of hydrogen-bond donors (Lipinski definition) is 1. The van der Waals surface area contributed by atoms with E-state index in [0.717, 1.165) is 5.56 Å². The van der Waals surface area contributed by atoms with Crippen molar-refractivity contribution in [3.8, 4) is 16.9 Å². The number of aromatic hydroxyl groups is 1. The molecular weight excluding hydrogens is 208 g/mol. The highest BCUT2D eigenvalue weighted by atomic mass is 16.3. The van der Waals surface area contributed by atoms with Gasteiger partial charge in [-0.3, -0.25) is 0 Å². The van der Waals surface area contributed by atoms with Gasteiger partial charge in [-0.1, -0.05) is 49.7 Å². The Hall–Kier alpha value is -1.76. The van der Waals surface area contributed by atoms with Crippen LogP contribution in [0.5, 0.6) is 5.75 Å². The third kappa shape index (κ3) is 3.35. The molecule has 2 aliphatic carbocycles. The molecule has 0 heterocycles. The highest BCUT2D eigenvalue weighted by Gasteiger charge is 2.15. The van der Waals surface area contributed by atoms with Crippen molar-refractivity contribution < 1.29 is 5.11 Å². The van der Waals surface area contributed by atoms with Crippen LogP contribution in [0.15, 0.2) is 48.5 Å². The van der Waals surface area contributed by atoms with Gasteiger partial charge < -0.3 is 5.11 Å². The van der Waals surface area contributed by atoms with E-state index in [1.165, 1.54) is 30.4 Å². The number of rotatable bonds is 3. The quantitative estimate of drug-likeness (QED) is 0.701.